The monoisotopic (exact) mass is 262 g/mol. The molecule has 1 aromatic carbocycles. The lowest BCUT2D eigenvalue weighted by atomic mass is 9.80. The summed E-state index contributed by atoms with van der Waals surface area (Å²) in [6.45, 7) is 2.06. The van der Waals surface area contributed by atoms with Crippen LogP contribution in [0.1, 0.15) is 30.9 Å². The second-order valence-corrected chi connectivity index (χ2v) is 5.55. The number of phenolic OH excluding ortho intramolecular Hbond substituents is 1. The molecule has 3 rings (SSSR count). The SMILES string of the molecule is CC[C@@H]1CC2Cc3c(ccc(O)c3Cl)C2=CC1=O. The van der Waals surface area contributed by atoms with E-state index in [1.807, 2.05) is 6.07 Å². The van der Waals surface area contributed by atoms with E-state index in [0.29, 0.717) is 10.9 Å². The summed E-state index contributed by atoms with van der Waals surface area (Å²) in [4.78, 5) is 12.0. The van der Waals surface area contributed by atoms with Gasteiger partial charge in [0.15, 0.2) is 5.78 Å². The third kappa shape index (κ3) is 1.59. The van der Waals surface area contributed by atoms with Gasteiger partial charge in [-0.2, -0.15) is 0 Å². The third-order valence-corrected chi connectivity index (χ3v) is 4.61. The molecule has 0 fully saturated rings. The molecule has 18 heavy (non-hydrogen) atoms. The van der Waals surface area contributed by atoms with Gasteiger partial charge in [0.05, 0.1) is 5.02 Å². The number of benzene rings is 1. The highest BCUT2D eigenvalue weighted by atomic mass is 35.5. The van der Waals surface area contributed by atoms with Gasteiger partial charge in [-0.05, 0) is 54.0 Å². The van der Waals surface area contributed by atoms with E-state index in [9.17, 15) is 9.90 Å². The van der Waals surface area contributed by atoms with Crippen LogP contribution in [0.25, 0.3) is 5.57 Å². The average molecular weight is 263 g/mol. The summed E-state index contributed by atoms with van der Waals surface area (Å²) < 4.78 is 0. The van der Waals surface area contributed by atoms with E-state index in [1.54, 1.807) is 12.1 Å². The molecule has 0 spiro atoms. The number of hydrogen-bond donors (Lipinski definition) is 1. The van der Waals surface area contributed by atoms with Crippen molar-refractivity contribution < 1.29 is 9.90 Å². The van der Waals surface area contributed by atoms with Crippen LogP contribution in [0, 0.1) is 11.8 Å². The largest absolute Gasteiger partial charge is 0.506 e. The molecular formula is C15H15ClO2. The maximum Gasteiger partial charge on any atom is 0.159 e. The van der Waals surface area contributed by atoms with Crippen LogP contribution in [0.3, 0.4) is 0 Å². The van der Waals surface area contributed by atoms with Crippen molar-refractivity contribution in [3.8, 4) is 5.75 Å². The van der Waals surface area contributed by atoms with Crippen molar-refractivity contribution in [2.75, 3.05) is 0 Å². The van der Waals surface area contributed by atoms with Crippen molar-refractivity contribution in [3.05, 3.63) is 34.4 Å². The van der Waals surface area contributed by atoms with Gasteiger partial charge < -0.3 is 5.11 Å². The maximum atomic E-state index is 12.0. The molecule has 3 heteroatoms. The molecule has 0 bridgehead atoms. The molecule has 2 atom stereocenters. The van der Waals surface area contributed by atoms with E-state index in [-0.39, 0.29) is 17.5 Å². The van der Waals surface area contributed by atoms with Gasteiger partial charge in [-0.15, -0.1) is 0 Å². The summed E-state index contributed by atoms with van der Waals surface area (Å²) in [6.07, 6.45) is 4.45. The summed E-state index contributed by atoms with van der Waals surface area (Å²) in [5, 5.41) is 10.1. The van der Waals surface area contributed by atoms with E-state index in [4.69, 9.17) is 11.6 Å². The van der Waals surface area contributed by atoms with Gasteiger partial charge in [0.25, 0.3) is 0 Å². The zero-order valence-electron chi connectivity index (χ0n) is 10.2. The van der Waals surface area contributed by atoms with Crippen LogP contribution in [-0.2, 0) is 11.2 Å². The number of aromatic hydroxyl groups is 1. The fourth-order valence-electron chi connectivity index (χ4n) is 3.16. The zero-order chi connectivity index (χ0) is 12.9. The topological polar surface area (TPSA) is 37.3 Å². The number of ketones is 1. The van der Waals surface area contributed by atoms with E-state index >= 15 is 0 Å². The second-order valence-electron chi connectivity index (χ2n) is 5.17. The quantitative estimate of drug-likeness (QED) is 0.840. The number of fused-ring (bicyclic) bond motifs is 3. The number of rotatable bonds is 1. The van der Waals surface area contributed by atoms with Crippen LogP contribution >= 0.6 is 11.6 Å². The Hall–Kier alpha value is -1.28. The van der Waals surface area contributed by atoms with E-state index in [0.717, 1.165) is 36.0 Å². The first-order valence-corrected chi connectivity index (χ1v) is 6.75. The summed E-state index contributed by atoms with van der Waals surface area (Å²) in [5.41, 5.74) is 3.16. The Bertz CT molecular complexity index is 560. The molecule has 0 radical (unpaired) electrons. The highest BCUT2D eigenvalue weighted by molar-refractivity contribution is 6.33. The van der Waals surface area contributed by atoms with Crippen molar-refractivity contribution in [1.29, 1.82) is 0 Å². The standard InChI is InChI=1S/C15H15ClO2/c1-2-8-5-9-6-12-10(11(9)7-14(8)18)3-4-13(17)15(12)16/h3-4,7-9,17H,2,5-6H2,1H3/t8-,9?/m1/s1. The summed E-state index contributed by atoms with van der Waals surface area (Å²) in [7, 11) is 0. The van der Waals surface area contributed by atoms with E-state index in [1.165, 1.54) is 0 Å². The fourth-order valence-corrected chi connectivity index (χ4v) is 3.40. The predicted octanol–water partition coefficient (Wildman–Crippen LogP) is 3.60. The van der Waals surface area contributed by atoms with Crippen molar-refractivity contribution in [1.82, 2.24) is 0 Å². The summed E-state index contributed by atoms with van der Waals surface area (Å²) in [6, 6.07) is 3.49. The Balaban J connectivity index is 2.08. The molecule has 1 aromatic rings. The molecule has 0 saturated heterocycles. The van der Waals surface area contributed by atoms with Crippen molar-refractivity contribution in [3.63, 3.8) is 0 Å². The molecule has 2 nitrogen and oxygen atoms in total. The van der Waals surface area contributed by atoms with Gasteiger partial charge >= 0.3 is 0 Å². The Morgan fingerprint density at radius 1 is 1.44 bits per heavy atom. The molecule has 0 heterocycles. The van der Waals surface area contributed by atoms with Gasteiger partial charge in [0.2, 0.25) is 0 Å². The normalized spacial score (nSPS) is 25.7. The number of phenols is 1. The van der Waals surface area contributed by atoms with Gasteiger partial charge in [-0.3, -0.25) is 4.79 Å². The minimum Gasteiger partial charge on any atom is -0.506 e. The number of carbonyl (C=O) groups is 1. The minimum atomic E-state index is 0.132. The van der Waals surface area contributed by atoms with Crippen LogP contribution in [0.2, 0.25) is 5.02 Å². The lowest BCUT2D eigenvalue weighted by molar-refractivity contribution is -0.119. The van der Waals surface area contributed by atoms with Crippen molar-refractivity contribution in [2.45, 2.75) is 26.2 Å². The molecule has 0 aliphatic heterocycles. The van der Waals surface area contributed by atoms with Gasteiger partial charge in [0, 0.05) is 5.92 Å². The van der Waals surface area contributed by atoms with Crippen LogP contribution < -0.4 is 0 Å². The Kier molecular flexibility index (Phi) is 2.70. The molecule has 2 aliphatic carbocycles. The minimum absolute atomic E-state index is 0.132. The van der Waals surface area contributed by atoms with Gasteiger partial charge in [-0.25, -0.2) is 0 Å². The molecule has 94 valence electrons. The molecule has 2 aliphatic rings. The zero-order valence-corrected chi connectivity index (χ0v) is 11.0. The molecule has 1 unspecified atom stereocenters. The number of allylic oxidation sites excluding steroid dienone is 2. The van der Waals surface area contributed by atoms with E-state index < -0.39 is 0 Å². The molecule has 0 aromatic heterocycles. The molecule has 0 amide bonds. The fraction of sp³-hybridized carbons (Fsp3) is 0.400. The first-order chi connectivity index (χ1) is 8.61. The third-order valence-electron chi connectivity index (χ3n) is 4.19. The van der Waals surface area contributed by atoms with Gasteiger partial charge in [0.1, 0.15) is 5.75 Å². The number of carbonyl (C=O) groups excluding carboxylic acids is 1. The molecular weight excluding hydrogens is 248 g/mol. The lowest BCUT2D eigenvalue weighted by Crippen LogP contribution is -2.21. The highest BCUT2D eigenvalue weighted by Gasteiger charge is 2.36. The van der Waals surface area contributed by atoms with Gasteiger partial charge in [-0.1, -0.05) is 24.6 Å². The lowest BCUT2D eigenvalue weighted by Gasteiger charge is -2.23. The van der Waals surface area contributed by atoms with Crippen molar-refractivity contribution >= 4 is 23.0 Å². The van der Waals surface area contributed by atoms with E-state index in [2.05, 4.69) is 6.92 Å². The highest BCUT2D eigenvalue weighted by Crippen LogP contribution is 2.47. The first-order valence-electron chi connectivity index (χ1n) is 6.38. The predicted molar refractivity (Wildman–Crippen MR) is 71.7 cm³/mol. The molecule has 1 N–H and O–H groups in total. The Labute approximate surface area is 111 Å². The van der Waals surface area contributed by atoms with Crippen LogP contribution in [0.4, 0.5) is 0 Å². The smallest absolute Gasteiger partial charge is 0.159 e. The Morgan fingerprint density at radius 2 is 2.22 bits per heavy atom. The summed E-state index contributed by atoms with van der Waals surface area (Å²) >= 11 is 6.15. The number of halogens is 1. The van der Waals surface area contributed by atoms with Crippen LogP contribution in [-0.4, -0.2) is 10.9 Å². The first kappa shape index (κ1) is 11.8. The Morgan fingerprint density at radius 3 is 2.94 bits per heavy atom. The number of hydrogen-bond acceptors (Lipinski definition) is 2. The maximum absolute atomic E-state index is 12.0. The van der Waals surface area contributed by atoms with Crippen molar-refractivity contribution in [2.24, 2.45) is 11.8 Å². The second kappa shape index (κ2) is 4.13. The van der Waals surface area contributed by atoms with Crippen LogP contribution in [0.5, 0.6) is 5.75 Å². The molecule has 0 saturated carbocycles. The average Bonchev–Trinajstić information content (AvgIpc) is 2.71. The van der Waals surface area contributed by atoms with Crippen LogP contribution in [0.15, 0.2) is 18.2 Å². The summed E-state index contributed by atoms with van der Waals surface area (Å²) in [5.74, 6) is 0.913.